The van der Waals surface area contributed by atoms with Gasteiger partial charge >= 0.3 is 0 Å². The molecule has 0 aliphatic heterocycles. The molecule has 1 aromatic heterocycles. The Kier molecular flexibility index (Phi) is 7.91. The number of sulfonamides is 1. The van der Waals surface area contributed by atoms with Crippen LogP contribution in [0.3, 0.4) is 0 Å². The number of carbonyl (C=O) groups excluding carboxylic acids is 1. The molecule has 1 heterocycles. The molecule has 7 heteroatoms. The van der Waals surface area contributed by atoms with Crippen LogP contribution in [-0.2, 0) is 40.6 Å². The first-order valence-electron chi connectivity index (χ1n) is 13.3. The summed E-state index contributed by atoms with van der Waals surface area (Å²) in [6.45, 7) is 4.30. The Hall–Kier alpha value is -3.81. The van der Waals surface area contributed by atoms with Crippen molar-refractivity contribution in [2.24, 2.45) is 0 Å². The van der Waals surface area contributed by atoms with Crippen molar-refractivity contribution in [1.29, 1.82) is 0 Å². The van der Waals surface area contributed by atoms with E-state index in [1.54, 1.807) is 17.0 Å². The maximum Gasteiger partial charge on any atom is 0.241 e. The van der Waals surface area contributed by atoms with Crippen LogP contribution in [0.5, 0.6) is 0 Å². The first-order chi connectivity index (χ1) is 18.8. The minimum atomic E-state index is -3.70. The van der Waals surface area contributed by atoms with Crippen LogP contribution in [-0.4, -0.2) is 19.3 Å². The molecule has 6 nitrogen and oxygen atoms in total. The van der Waals surface area contributed by atoms with Gasteiger partial charge < -0.3 is 4.90 Å². The Balaban J connectivity index is 1.44. The second kappa shape index (κ2) is 11.5. The van der Waals surface area contributed by atoms with Crippen molar-refractivity contribution in [3.63, 3.8) is 0 Å². The summed E-state index contributed by atoms with van der Waals surface area (Å²) in [5.41, 5.74) is 6.45. The Morgan fingerprint density at radius 2 is 1.72 bits per heavy atom. The third-order valence-electron chi connectivity index (χ3n) is 7.22. The van der Waals surface area contributed by atoms with Gasteiger partial charge in [-0.1, -0.05) is 61.5 Å². The van der Waals surface area contributed by atoms with E-state index >= 15 is 0 Å². The maximum absolute atomic E-state index is 13.6. The average molecular weight is 540 g/mol. The second-order valence-electron chi connectivity index (χ2n) is 10.0. The largest absolute Gasteiger partial charge is 0.306 e. The van der Waals surface area contributed by atoms with Gasteiger partial charge in [0, 0.05) is 17.4 Å². The van der Waals surface area contributed by atoms with Gasteiger partial charge in [0.1, 0.15) is 0 Å². The molecule has 200 valence electrons. The van der Waals surface area contributed by atoms with Gasteiger partial charge in [-0.15, -0.1) is 0 Å². The molecular weight excluding hydrogens is 506 g/mol. The van der Waals surface area contributed by atoms with Crippen molar-refractivity contribution in [2.75, 3.05) is 4.90 Å². The fraction of sp³-hybridized carbons (Fsp3) is 0.250. The summed E-state index contributed by atoms with van der Waals surface area (Å²) >= 11 is 0. The quantitative estimate of drug-likeness (QED) is 0.296. The number of pyridine rings is 1. The molecular formula is C32H33N3O3S. The molecule has 0 radical (unpaired) electrons. The zero-order valence-electron chi connectivity index (χ0n) is 22.3. The first kappa shape index (κ1) is 26.8. The van der Waals surface area contributed by atoms with Gasteiger partial charge in [-0.2, -0.15) is 0 Å². The number of amides is 1. The number of fused-ring (bicyclic) bond motifs is 1. The van der Waals surface area contributed by atoms with Gasteiger partial charge in [0.25, 0.3) is 0 Å². The number of anilines is 1. The molecule has 0 saturated heterocycles. The summed E-state index contributed by atoms with van der Waals surface area (Å²) in [6, 6.07) is 28.1. The van der Waals surface area contributed by atoms with E-state index < -0.39 is 10.0 Å². The monoisotopic (exact) mass is 539 g/mol. The molecule has 0 bridgehead atoms. The van der Waals surface area contributed by atoms with Crippen LogP contribution in [0.1, 0.15) is 53.0 Å². The van der Waals surface area contributed by atoms with Crippen LogP contribution < -0.4 is 9.62 Å². The molecule has 1 amide bonds. The first-order valence-corrected chi connectivity index (χ1v) is 14.8. The van der Waals surface area contributed by atoms with Crippen LogP contribution in [0.25, 0.3) is 0 Å². The third kappa shape index (κ3) is 6.27. The highest BCUT2D eigenvalue weighted by atomic mass is 32.2. The molecule has 1 atom stereocenters. The summed E-state index contributed by atoms with van der Waals surface area (Å²) in [7, 11) is -3.70. The summed E-state index contributed by atoms with van der Waals surface area (Å²) in [4.78, 5) is 20.3. The normalized spacial score (nSPS) is 14.7. The lowest BCUT2D eigenvalue weighted by atomic mass is 10.1. The predicted molar refractivity (Wildman–Crippen MR) is 154 cm³/mol. The number of nitrogens with zero attached hydrogens (tertiary/aromatic N) is 2. The smallest absolute Gasteiger partial charge is 0.241 e. The Morgan fingerprint density at radius 3 is 2.44 bits per heavy atom. The number of aryl methyl sites for hydroxylation is 3. The fourth-order valence-electron chi connectivity index (χ4n) is 5.08. The molecule has 1 unspecified atom stereocenters. The second-order valence-corrected chi connectivity index (χ2v) is 11.7. The average Bonchev–Trinajstić information content (AvgIpc) is 3.33. The lowest BCUT2D eigenvalue weighted by molar-refractivity contribution is -0.118. The number of aromatic nitrogens is 1. The van der Waals surface area contributed by atoms with Gasteiger partial charge in [-0.25, -0.2) is 13.1 Å². The number of hydrogen-bond donors (Lipinski definition) is 1. The maximum atomic E-state index is 13.6. The molecule has 1 aliphatic rings. The van der Waals surface area contributed by atoms with Crippen molar-refractivity contribution in [1.82, 2.24) is 9.71 Å². The van der Waals surface area contributed by atoms with E-state index in [0.29, 0.717) is 13.0 Å². The van der Waals surface area contributed by atoms with Crippen molar-refractivity contribution in [2.45, 2.75) is 57.0 Å². The van der Waals surface area contributed by atoms with E-state index in [0.717, 1.165) is 52.2 Å². The number of rotatable bonds is 9. The van der Waals surface area contributed by atoms with Gasteiger partial charge in [-0.3, -0.25) is 9.78 Å². The fourth-order valence-corrected chi connectivity index (χ4v) is 6.33. The van der Waals surface area contributed by atoms with Gasteiger partial charge in [0.15, 0.2) is 0 Å². The minimum Gasteiger partial charge on any atom is -0.306 e. The van der Waals surface area contributed by atoms with Gasteiger partial charge in [0.05, 0.1) is 23.6 Å². The molecule has 5 rings (SSSR count). The zero-order chi connectivity index (χ0) is 27.4. The molecule has 0 saturated carbocycles. The Morgan fingerprint density at radius 1 is 0.949 bits per heavy atom. The van der Waals surface area contributed by atoms with Crippen LogP contribution >= 0.6 is 0 Å². The van der Waals surface area contributed by atoms with Crippen LogP contribution in [0.2, 0.25) is 0 Å². The molecule has 1 N–H and O–H groups in total. The summed E-state index contributed by atoms with van der Waals surface area (Å²) in [5.74, 6) is -0.0457. The van der Waals surface area contributed by atoms with Crippen molar-refractivity contribution >= 4 is 21.6 Å². The van der Waals surface area contributed by atoms with Gasteiger partial charge in [-0.05, 0) is 84.8 Å². The van der Waals surface area contributed by atoms with E-state index in [4.69, 9.17) is 0 Å². The predicted octanol–water partition coefficient (Wildman–Crippen LogP) is 5.69. The highest BCUT2D eigenvalue weighted by molar-refractivity contribution is 7.89. The molecule has 0 spiro atoms. The van der Waals surface area contributed by atoms with E-state index in [1.165, 1.54) is 0 Å². The van der Waals surface area contributed by atoms with E-state index in [9.17, 15) is 13.2 Å². The molecule has 3 aromatic carbocycles. The van der Waals surface area contributed by atoms with Gasteiger partial charge in [0.2, 0.25) is 15.9 Å². The van der Waals surface area contributed by atoms with E-state index in [1.807, 2.05) is 92.7 Å². The van der Waals surface area contributed by atoms with Crippen molar-refractivity contribution in [3.05, 3.63) is 125 Å². The summed E-state index contributed by atoms with van der Waals surface area (Å²) in [6.07, 6.45) is 2.55. The highest BCUT2D eigenvalue weighted by Gasteiger charge is 2.29. The number of nitrogens with one attached hydrogen (secondary N) is 1. The number of hydrogen-bond acceptors (Lipinski definition) is 4. The number of benzene rings is 3. The molecule has 39 heavy (non-hydrogen) atoms. The lowest BCUT2D eigenvalue weighted by Crippen LogP contribution is -2.32. The minimum absolute atomic E-state index is 0.0457. The molecule has 1 aliphatic carbocycles. The van der Waals surface area contributed by atoms with Crippen LogP contribution in [0, 0.1) is 6.92 Å². The zero-order valence-corrected chi connectivity index (χ0v) is 23.1. The number of carbonyl (C=O) groups is 1. The van der Waals surface area contributed by atoms with Crippen LogP contribution in [0.4, 0.5) is 5.69 Å². The Labute approximate surface area is 230 Å². The van der Waals surface area contributed by atoms with E-state index in [2.05, 4.69) is 9.71 Å². The van der Waals surface area contributed by atoms with Crippen molar-refractivity contribution in [3.8, 4) is 0 Å². The van der Waals surface area contributed by atoms with E-state index in [-0.39, 0.29) is 23.3 Å². The highest BCUT2D eigenvalue weighted by Crippen LogP contribution is 2.35. The van der Waals surface area contributed by atoms with Crippen LogP contribution in [0.15, 0.2) is 95.9 Å². The van der Waals surface area contributed by atoms with Crippen molar-refractivity contribution < 1.29 is 13.2 Å². The SMILES string of the molecule is CCc1ccc(S(=O)(=O)NC2CCc3ccc(N(Cc4cccc(C)n4)C(=O)Cc4ccccc4)cc32)cc1. The topological polar surface area (TPSA) is 79.4 Å². The molecule has 4 aromatic rings. The summed E-state index contributed by atoms with van der Waals surface area (Å²) in [5, 5.41) is 0. The molecule has 0 fully saturated rings. The lowest BCUT2D eigenvalue weighted by Gasteiger charge is -2.24. The summed E-state index contributed by atoms with van der Waals surface area (Å²) < 4.78 is 29.3. The standard InChI is InChI=1S/C32H33N3O3S/c1-3-24-12-17-29(18-13-24)39(37,38)34-31-19-15-26-14-16-28(21-30(26)31)35(22-27-11-7-8-23(2)33-27)32(36)20-25-9-5-4-6-10-25/h4-14,16-18,21,31,34H,3,15,19-20,22H2,1-2H3. The Bertz CT molecular complexity index is 1570. The third-order valence-corrected chi connectivity index (χ3v) is 8.71.